The molecule has 0 amide bonds. The van der Waals surface area contributed by atoms with E-state index in [1.165, 1.54) is 18.5 Å². The Hall–Kier alpha value is -1.99. The van der Waals surface area contributed by atoms with E-state index in [2.05, 4.69) is 20.0 Å². The van der Waals surface area contributed by atoms with E-state index in [9.17, 15) is 8.42 Å². The lowest BCUT2D eigenvalue weighted by molar-refractivity contribution is 0.585. The second kappa shape index (κ2) is 6.64. The zero-order valence-electron chi connectivity index (χ0n) is 11.9. The van der Waals surface area contributed by atoms with Crippen molar-refractivity contribution in [3.05, 3.63) is 48.4 Å². The van der Waals surface area contributed by atoms with Crippen LogP contribution in [0, 0.1) is 0 Å². The highest BCUT2D eigenvalue weighted by Crippen LogP contribution is 2.13. The number of hydrogen-bond donors (Lipinski definition) is 2. The Morgan fingerprint density at radius 1 is 1.14 bits per heavy atom. The minimum atomic E-state index is -3.67. The van der Waals surface area contributed by atoms with Gasteiger partial charge in [0.15, 0.2) is 5.03 Å². The van der Waals surface area contributed by atoms with Gasteiger partial charge in [0.1, 0.15) is 0 Å². The molecule has 2 heterocycles. The van der Waals surface area contributed by atoms with Crippen LogP contribution in [0.1, 0.15) is 19.4 Å². The second-order valence-corrected chi connectivity index (χ2v) is 6.51. The maximum Gasteiger partial charge on any atom is 0.279 e. The molecule has 0 saturated carbocycles. The summed E-state index contributed by atoms with van der Waals surface area (Å²) >= 11 is 0. The molecule has 0 bridgehead atoms. The zero-order chi connectivity index (χ0) is 15.3. The topological polar surface area (TPSA) is 84.0 Å². The molecule has 0 aliphatic carbocycles. The summed E-state index contributed by atoms with van der Waals surface area (Å²) < 4.78 is 26.8. The molecule has 0 aliphatic rings. The van der Waals surface area contributed by atoms with E-state index in [0.29, 0.717) is 18.3 Å². The molecule has 0 unspecified atom stereocenters. The standard InChI is InChI=1S/C14H18N4O2S/c1-11(2)16-9-12-3-4-14(17-10-12)21(19,20)18-13-5-7-15-8-6-13/h3-8,10-11,16H,9H2,1-2H3,(H,15,18). The van der Waals surface area contributed by atoms with Gasteiger partial charge in [0.25, 0.3) is 10.0 Å². The Balaban J connectivity index is 2.10. The van der Waals surface area contributed by atoms with Crippen LogP contribution in [-0.4, -0.2) is 24.4 Å². The average Bonchev–Trinajstić information content (AvgIpc) is 2.46. The van der Waals surface area contributed by atoms with Gasteiger partial charge in [-0.25, -0.2) is 4.98 Å². The Morgan fingerprint density at radius 3 is 2.43 bits per heavy atom. The first-order valence-electron chi connectivity index (χ1n) is 6.58. The van der Waals surface area contributed by atoms with Crippen molar-refractivity contribution in [2.24, 2.45) is 0 Å². The van der Waals surface area contributed by atoms with Crippen LogP contribution in [0.3, 0.4) is 0 Å². The molecule has 0 atom stereocenters. The van der Waals surface area contributed by atoms with Gasteiger partial charge in [-0.15, -0.1) is 0 Å². The van der Waals surface area contributed by atoms with Crippen LogP contribution in [0.15, 0.2) is 47.9 Å². The Morgan fingerprint density at radius 2 is 1.86 bits per heavy atom. The van der Waals surface area contributed by atoms with E-state index >= 15 is 0 Å². The van der Waals surface area contributed by atoms with Gasteiger partial charge >= 0.3 is 0 Å². The minimum Gasteiger partial charge on any atom is -0.310 e. The number of nitrogens with zero attached hydrogens (tertiary/aromatic N) is 2. The highest BCUT2D eigenvalue weighted by atomic mass is 32.2. The summed E-state index contributed by atoms with van der Waals surface area (Å²) in [5.41, 5.74) is 1.39. The zero-order valence-corrected chi connectivity index (χ0v) is 12.8. The lowest BCUT2D eigenvalue weighted by atomic mass is 10.2. The van der Waals surface area contributed by atoms with Crippen LogP contribution in [-0.2, 0) is 16.6 Å². The number of hydrogen-bond acceptors (Lipinski definition) is 5. The van der Waals surface area contributed by atoms with E-state index in [4.69, 9.17) is 0 Å². The first-order chi connectivity index (χ1) is 9.97. The molecule has 0 saturated heterocycles. The molecule has 21 heavy (non-hydrogen) atoms. The summed E-state index contributed by atoms with van der Waals surface area (Å²) in [6, 6.07) is 6.78. The molecular formula is C14H18N4O2S. The van der Waals surface area contributed by atoms with Gasteiger partial charge in [0.05, 0.1) is 5.69 Å². The summed E-state index contributed by atoms with van der Waals surface area (Å²) in [5, 5.41) is 3.24. The Kier molecular flexibility index (Phi) is 4.87. The number of aromatic nitrogens is 2. The first kappa shape index (κ1) is 15.4. The van der Waals surface area contributed by atoms with Crippen LogP contribution < -0.4 is 10.0 Å². The predicted octanol–water partition coefficient (Wildman–Crippen LogP) is 1.78. The number of anilines is 1. The SMILES string of the molecule is CC(C)NCc1ccc(S(=O)(=O)Nc2ccncc2)nc1. The van der Waals surface area contributed by atoms with Gasteiger partial charge < -0.3 is 5.32 Å². The molecule has 2 N–H and O–H groups in total. The lowest BCUT2D eigenvalue weighted by Gasteiger charge is -2.09. The van der Waals surface area contributed by atoms with E-state index in [1.54, 1.807) is 24.4 Å². The van der Waals surface area contributed by atoms with Crippen LogP contribution >= 0.6 is 0 Å². The summed E-state index contributed by atoms with van der Waals surface area (Å²) in [5.74, 6) is 0. The molecule has 2 aromatic heterocycles. The first-order valence-corrected chi connectivity index (χ1v) is 8.07. The third kappa shape index (κ3) is 4.51. The van der Waals surface area contributed by atoms with E-state index in [-0.39, 0.29) is 5.03 Å². The Bertz CT molecular complexity index is 670. The molecule has 2 rings (SSSR count). The maximum atomic E-state index is 12.2. The van der Waals surface area contributed by atoms with Gasteiger partial charge in [0, 0.05) is 31.2 Å². The van der Waals surface area contributed by atoms with Crippen molar-refractivity contribution < 1.29 is 8.42 Å². The number of pyridine rings is 2. The Labute approximate surface area is 124 Å². The van der Waals surface area contributed by atoms with Gasteiger partial charge in [-0.05, 0) is 23.8 Å². The van der Waals surface area contributed by atoms with Crippen LogP contribution in [0.5, 0.6) is 0 Å². The molecule has 0 aromatic carbocycles. The van der Waals surface area contributed by atoms with Gasteiger partial charge in [-0.3, -0.25) is 9.71 Å². The van der Waals surface area contributed by atoms with Crippen LogP contribution in [0.25, 0.3) is 0 Å². The summed E-state index contributed by atoms with van der Waals surface area (Å²) in [6.45, 7) is 4.75. The monoisotopic (exact) mass is 306 g/mol. The van der Waals surface area contributed by atoms with E-state index < -0.39 is 10.0 Å². The molecule has 6 nitrogen and oxygen atoms in total. The molecule has 112 valence electrons. The van der Waals surface area contributed by atoms with Crippen molar-refractivity contribution in [1.82, 2.24) is 15.3 Å². The van der Waals surface area contributed by atoms with E-state index in [0.717, 1.165) is 5.56 Å². The molecule has 0 fully saturated rings. The van der Waals surface area contributed by atoms with Crippen LogP contribution in [0.4, 0.5) is 5.69 Å². The van der Waals surface area contributed by atoms with Gasteiger partial charge in [0.2, 0.25) is 0 Å². The lowest BCUT2D eigenvalue weighted by Crippen LogP contribution is -2.22. The number of sulfonamides is 1. The van der Waals surface area contributed by atoms with Crippen molar-refractivity contribution in [2.45, 2.75) is 31.5 Å². The average molecular weight is 306 g/mol. The normalized spacial score (nSPS) is 11.6. The van der Waals surface area contributed by atoms with Gasteiger partial charge in [-0.2, -0.15) is 8.42 Å². The quantitative estimate of drug-likeness (QED) is 0.850. The summed E-state index contributed by atoms with van der Waals surface area (Å²) in [4.78, 5) is 7.86. The fraction of sp³-hybridized carbons (Fsp3) is 0.286. The maximum absolute atomic E-state index is 12.2. The molecule has 0 spiro atoms. The molecular weight excluding hydrogens is 288 g/mol. The van der Waals surface area contributed by atoms with Crippen molar-refractivity contribution in [3.63, 3.8) is 0 Å². The second-order valence-electron chi connectivity index (χ2n) is 4.88. The summed E-state index contributed by atoms with van der Waals surface area (Å²) in [6.07, 6.45) is 4.61. The van der Waals surface area contributed by atoms with Crippen LogP contribution in [0.2, 0.25) is 0 Å². The highest BCUT2D eigenvalue weighted by Gasteiger charge is 2.15. The van der Waals surface area contributed by atoms with Crippen molar-refractivity contribution >= 4 is 15.7 Å². The van der Waals surface area contributed by atoms with Crippen molar-refractivity contribution in [1.29, 1.82) is 0 Å². The molecule has 0 aliphatic heterocycles. The third-order valence-corrected chi connectivity index (χ3v) is 4.02. The number of nitrogens with one attached hydrogen (secondary N) is 2. The third-order valence-electron chi connectivity index (χ3n) is 2.72. The fourth-order valence-electron chi connectivity index (χ4n) is 1.62. The van der Waals surface area contributed by atoms with Crippen molar-refractivity contribution in [3.8, 4) is 0 Å². The molecule has 0 radical (unpaired) electrons. The smallest absolute Gasteiger partial charge is 0.279 e. The molecule has 2 aromatic rings. The largest absolute Gasteiger partial charge is 0.310 e. The number of rotatable bonds is 6. The highest BCUT2D eigenvalue weighted by molar-refractivity contribution is 7.92. The predicted molar refractivity (Wildman–Crippen MR) is 81.3 cm³/mol. The summed E-state index contributed by atoms with van der Waals surface area (Å²) in [7, 11) is -3.67. The minimum absolute atomic E-state index is 0.00684. The van der Waals surface area contributed by atoms with E-state index in [1.807, 2.05) is 13.8 Å². The fourth-order valence-corrected chi connectivity index (χ4v) is 2.61. The van der Waals surface area contributed by atoms with Crippen molar-refractivity contribution in [2.75, 3.05) is 4.72 Å². The van der Waals surface area contributed by atoms with Gasteiger partial charge in [-0.1, -0.05) is 19.9 Å². The molecule has 7 heteroatoms.